The number of hydrogen-bond acceptors (Lipinski definition) is 3. The predicted molar refractivity (Wildman–Crippen MR) is 103 cm³/mol. The van der Waals surface area contributed by atoms with Crippen LogP contribution < -0.4 is 10.1 Å². The highest BCUT2D eigenvalue weighted by molar-refractivity contribution is 5.78. The van der Waals surface area contributed by atoms with E-state index in [0.717, 1.165) is 31.6 Å². The highest BCUT2D eigenvalue weighted by atomic mass is 16.5. The second kappa shape index (κ2) is 9.60. The van der Waals surface area contributed by atoms with Crippen LogP contribution in [0.15, 0.2) is 18.2 Å². The summed E-state index contributed by atoms with van der Waals surface area (Å²) in [6.45, 7) is 9.73. The van der Waals surface area contributed by atoms with Crippen LogP contribution in [0.25, 0.3) is 0 Å². The second-order valence-corrected chi connectivity index (χ2v) is 7.46. The molecule has 2 amide bonds. The average Bonchev–Trinajstić information content (AvgIpc) is 2.59. The van der Waals surface area contributed by atoms with E-state index in [-0.39, 0.29) is 24.5 Å². The van der Waals surface area contributed by atoms with E-state index in [1.54, 1.807) is 4.90 Å². The zero-order chi connectivity index (χ0) is 19.1. The molecule has 1 N–H and O–H groups in total. The molecule has 1 fully saturated rings. The Kier molecular flexibility index (Phi) is 7.49. The number of ether oxygens (including phenoxy) is 1. The van der Waals surface area contributed by atoms with Crippen LogP contribution in [0.5, 0.6) is 5.75 Å². The van der Waals surface area contributed by atoms with Crippen LogP contribution in [0.2, 0.25) is 0 Å². The van der Waals surface area contributed by atoms with E-state index in [4.69, 9.17) is 4.74 Å². The molecule has 0 bridgehead atoms. The summed E-state index contributed by atoms with van der Waals surface area (Å²) in [4.78, 5) is 26.0. The van der Waals surface area contributed by atoms with E-state index in [0.29, 0.717) is 18.9 Å². The number of aryl methyl sites for hydroxylation is 1. The number of rotatable bonds is 7. The fraction of sp³-hybridized carbons (Fsp3) is 0.619. The summed E-state index contributed by atoms with van der Waals surface area (Å²) in [7, 11) is 0. The molecule has 144 valence electrons. The summed E-state index contributed by atoms with van der Waals surface area (Å²) >= 11 is 0. The lowest BCUT2D eigenvalue weighted by atomic mass is 9.98. The molecule has 1 saturated heterocycles. The van der Waals surface area contributed by atoms with Crippen LogP contribution in [0.4, 0.5) is 0 Å². The fourth-order valence-corrected chi connectivity index (χ4v) is 3.47. The number of nitrogens with zero attached hydrogens (tertiary/aromatic N) is 1. The first-order valence-corrected chi connectivity index (χ1v) is 9.71. The van der Waals surface area contributed by atoms with Crippen LogP contribution in [-0.4, -0.2) is 42.5 Å². The molecule has 2 rings (SSSR count). The molecule has 0 spiro atoms. The molecule has 0 aromatic heterocycles. The first-order chi connectivity index (χ1) is 12.4. The van der Waals surface area contributed by atoms with E-state index in [1.165, 1.54) is 11.1 Å². The van der Waals surface area contributed by atoms with Crippen LogP contribution in [0, 0.1) is 6.92 Å². The van der Waals surface area contributed by atoms with Gasteiger partial charge >= 0.3 is 0 Å². The minimum absolute atomic E-state index is 0.0231. The summed E-state index contributed by atoms with van der Waals surface area (Å²) < 4.78 is 5.71. The minimum Gasteiger partial charge on any atom is -0.484 e. The number of carbonyl (C=O) groups is 2. The Labute approximate surface area is 157 Å². The van der Waals surface area contributed by atoms with Crippen molar-refractivity contribution in [1.29, 1.82) is 0 Å². The number of likely N-dealkylation sites (tertiary alicyclic amines) is 1. The zero-order valence-corrected chi connectivity index (χ0v) is 16.5. The number of carbonyl (C=O) groups excluding carboxylic acids is 2. The van der Waals surface area contributed by atoms with E-state index in [2.05, 4.69) is 32.2 Å². The molecule has 0 aliphatic carbocycles. The van der Waals surface area contributed by atoms with Gasteiger partial charge in [-0.2, -0.15) is 0 Å². The Morgan fingerprint density at radius 3 is 2.77 bits per heavy atom. The number of benzene rings is 1. The smallest absolute Gasteiger partial charge is 0.260 e. The maximum atomic E-state index is 12.5. The van der Waals surface area contributed by atoms with Gasteiger partial charge in [-0.15, -0.1) is 0 Å². The van der Waals surface area contributed by atoms with Crippen LogP contribution in [0.1, 0.15) is 63.5 Å². The Morgan fingerprint density at radius 2 is 2.12 bits per heavy atom. The Balaban J connectivity index is 1.85. The summed E-state index contributed by atoms with van der Waals surface area (Å²) in [5, 5.41) is 3.03. The Bertz CT molecular complexity index is 628. The summed E-state index contributed by atoms with van der Waals surface area (Å²) in [6, 6.07) is 6.05. The van der Waals surface area contributed by atoms with Crippen molar-refractivity contribution in [2.75, 3.05) is 19.7 Å². The van der Waals surface area contributed by atoms with Gasteiger partial charge in [-0.05, 0) is 55.4 Å². The Morgan fingerprint density at radius 1 is 1.35 bits per heavy atom. The number of piperidine rings is 1. The first kappa shape index (κ1) is 20.3. The molecule has 5 heteroatoms. The summed E-state index contributed by atoms with van der Waals surface area (Å²) in [5.74, 6) is 1.25. The molecule has 1 aliphatic heterocycles. The van der Waals surface area contributed by atoms with Crippen molar-refractivity contribution in [2.45, 2.75) is 65.3 Å². The fourth-order valence-electron chi connectivity index (χ4n) is 3.47. The molecule has 1 aromatic carbocycles. The van der Waals surface area contributed by atoms with Crippen molar-refractivity contribution in [3.63, 3.8) is 0 Å². The average molecular weight is 360 g/mol. The van der Waals surface area contributed by atoms with E-state index >= 15 is 0 Å². The van der Waals surface area contributed by atoms with Gasteiger partial charge in [0, 0.05) is 25.6 Å². The van der Waals surface area contributed by atoms with Crippen molar-refractivity contribution < 1.29 is 14.3 Å². The van der Waals surface area contributed by atoms with Gasteiger partial charge in [-0.25, -0.2) is 0 Å². The van der Waals surface area contributed by atoms with E-state index in [1.807, 2.05) is 19.1 Å². The molecule has 1 heterocycles. The zero-order valence-electron chi connectivity index (χ0n) is 16.5. The lowest BCUT2D eigenvalue weighted by Gasteiger charge is -2.33. The molecule has 1 unspecified atom stereocenters. The lowest BCUT2D eigenvalue weighted by Crippen LogP contribution is -2.50. The molecule has 26 heavy (non-hydrogen) atoms. The summed E-state index contributed by atoms with van der Waals surface area (Å²) in [6.07, 6.45) is 3.21. The number of nitrogens with one attached hydrogen (secondary N) is 1. The van der Waals surface area contributed by atoms with Crippen molar-refractivity contribution in [2.24, 2.45) is 0 Å². The van der Waals surface area contributed by atoms with Crippen molar-refractivity contribution in [3.05, 3.63) is 29.3 Å². The maximum Gasteiger partial charge on any atom is 0.260 e. The van der Waals surface area contributed by atoms with Crippen LogP contribution >= 0.6 is 0 Å². The Hall–Kier alpha value is -2.04. The topological polar surface area (TPSA) is 58.6 Å². The molecule has 0 saturated carbocycles. The van der Waals surface area contributed by atoms with Gasteiger partial charge < -0.3 is 15.0 Å². The van der Waals surface area contributed by atoms with Gasteiger partial charge in [0.05, 0.1) is 0 Å². The van der Waals surface area contributed by atoms with Crippen LogP contribution in [0.3, 0.4) is 0 Å². The van der Waals surface area contributed by atoms with Crippen molar-refractivity contribution in [1.82, 2.24) is 10.2 Å². The lowest BCUT2D eigenvalue weighted by molar-refractivity contribution is -0.135. The molecular weight excluding hydrogens is 328 g/mol. The molecule has 0 radical (unpaired) electrons. The molecule has 1 atom stereocenters. The third-order valence-electron chi connectivity index (χ3n) is 4.84. The van der Waals surface area contributed by atoms with Gasteiger partial charge in [0.15, 0.2) is 6.61 Å². The van der Waals surface area contributed by atoms with E-state index in [9.17, 15) is 9.59 Å². The number of hydrogen-bond donors (Lipinski definition) is 1. The first-order valence-electron chi connectivity index (χ1n) is 9.71. The third kappa shape index (κ3) is 5.75. The highest BCUT2D eigenvalue weighted by Gasteiger charge is 2.24. The van der Waals surface area contributed by atoms with Gasteiger partial charge in [-0.3, -0.25) is 9.59 Å². The molecule has 5 nitrogen and oxygen atoms in total. The van der Waals surface area contributed by atoms with Gasteiger partial charge in [0.1, 0.15) is 5.75 Å². The normalized spacial score (nSPS) is 17.3. The summed E-state index contributed by atoms with van der Waals surface area (Å²) in [5.41, 5.74) is 2.48. The highest BCUT2D eigenvalue weighted by Crippen LogP contribution is 2.23. The maximum absolute atomic E-state index is 12.5. The predicted octanol–water partition coefficient (Wildman–Crippen LogP) is 3.40. The van der Waals surface area contributed by atoms with Gasteiger partial charge in [0.25, 0.3) is 5.91 Å². The van der Waals surface area contributed by atoms with Crippen LogP contribution in [-0.2, 0) is 9.59 Å². The van der Waals surface area contributed by atoms with E-state index < -0.39 is 0 Å². The monoisotopic (exact) mass is 360 g/mol. The second-order valence-electron chi connectivity index (χ2n) is 7.46. The molecule has 1 aromatic rings. The molecular formula is C21H32N2O3. The van der Waals surface area contributed by atoms with Gasteiger partial charge in [-0.1, -0.05) is 26.8 Å². The standard InChI is InChI=1S/C21H32N2O3/c1-5-7-20(24)22-17-8-6-11-23(13-17)21(25)14-26-18-9-10-19(15(2)3)16(4)12-18/h9-10,12,15,17H,5-8,11,13-14H2,1-4H3,(H,22,24). The number of amides is 2. The quantitative estimate of drug-likeness (QED) is 0.811. The molecule has 1 aliphatic rings. The SMILES string of the molecule is CCCC(=O)NC1CCCN(C(=O)COc2ccc(C(C)C)c(C)c2)C1. The van der Waals surface area contributed by atoms with Crippen molar-refractivity contribution in [3.8, 4) is 5.75 Å². The van der Waals surface area contributed by atoms with Gasteiger partial charge in [0.2, 0.25) is 5.91 Å². The third-order valence-corrected chi connectivity index (χ3v) is 4.84. The minimum atomic E-state index is -0.0231. The van der Waals surface area contributed by atoms with Crippen molar-refractivity contribution >= 4 is 11.8 Å². The largest absolute Gasteiger partial charge is 0.484 e.